The lowest BCUT2D eigenvalue weighted by atomic mass is 9.83. The van der Waals surface area contributed by atoms with Crippen LogP contribution in [0.3, 0.4) is 0 Å². The number of piperazine rings is 1. The van der Waals surface area contributed by atoms with Crippen LogP contribution in [0, 0.1) is 12.8 Å². The molecule has 5 heteroatoms. The monoisotopic (exact) mass is 357 g/mol. The zero-order valence-electron chi connectivity index (χ0n) is 16.3. The summed E-state index contributed by atoms with van der Waals surface area (Å²) in [5.74, 6) is 0.249. The van der Waals surface area contributed by atoms with Crippen molar-refractivity contribution in [2.24, 2.45) is 5.92 Å². The molecule has 0 N–H and O–H groups in total. The van der Waals surface area contributed by atoms with Gasteiger partial charge in [-0.25, -0.2) is 0 Å². The predicted molar refractivity (Wildman–Crippen MR) is 103 cm³/mol. The molecule has 0 aliphatic carbocycles. The summed E-state index contributed by atoms with van der Waals surface area (Å²) in [4.78, 5) is 32.1. The maximum Gasteiger partial charge on any atom is 0.228 e. The van der Waals surface area contributed by atoms with Crippen molar-refractivity contribution < 1.29 is 9.59 Å². The summed E-state index contributed by atoms with van der Waals surface area (Å²) in [5.41, 5.74) is 2.27. The Morgan fingerprint density at radius 3 is 2.27 bits per heavy atom. The number of rotatable bonds is 4. The number of aryl methyl sites for hydroxylation is 1. The molecule has 0 radical (unpaired) electrons. The molecule has 0 bridgehead atoms. The minimum Gasteiger partial charge on any atom is -0.340 e. The molecule has 2 aliphatic rings. The molecule has 0 saturated carbocycles. The maximum atomic E-state index is 13.3. The highest BCUT2D eigenvalue weighted by Gasteiger charge is 2.41. The van der Waals surface area contributed by atoms with Gasteiger partial charge in [0.2, 0.25) is 11.8 Å². The molecule has 2 heterocycles. The Kier molecular flexibility index (Phi) is 5.97. The van der Waals surface area contributed by atoms with Crippen LogP contribution in [0.5, 0.6) is 0 Å². The van der Waals surface area contributed by atoms with Crippen molar-refractivity contribution in [3.05, 3.63) is 35.4 Å². The van der Waals surface area contributed by atoms with Gasteiger partial charge in [0.15, 0.2) is 0 Å². The summed E-state index contributed by atoms with van der Waals surface area (Å²) in [5, 5.41) is 0. The molecule has 2 saturated heterocycles. The fourth-order valence-corrected chi connectivity index (χ4v) is 4.28. The van der Waals surface area contributed by atoms with Crippen molar-refractivity contribution in [3.8, 4) is 0 Å². The van der Waals surface area contributed by atoms with Gasteiger partial charge in [0.1, 0.15) is 0 Å². The van der Waals surface area contributed by atoms with E-state index in [2.05, 4.69) is 43.0 Å². The molecule has 0 spiro atoms. The van der Waals surface area contributed by atoms with Gasteiger partial charge in [-0.15, -0.1) is 0 Å². The first-order chi connectivity index (χ1) is 12.5. The Hall–Kier alpha value is -1.88. The van der Waals surface area contributed by atoms with Crippen molar-refractivity contribution in [3.63, 3.8) is 0 Å². The van der Waals surface area contributed by atoms with Crippen LogP contribution in [-0.2, 0) is 9.59 Å². The van der Waals surface area contributed by atoms with Crippen LogP contribution in [0.1, 0.15) is 43.9 Å². The van der Waals surface area contributed by atoms with E-state index < -0.39 is 0 Å². The van der Waals surface area contributed by atoms with E-state index in [1.165, 1.54) is 5.56 Å². The number of benzene rings is 1. The van der Waals surface area contributed by atoms with Crippen molar-refractivity contribution in [1.82, 2.24) is 14.7 Å². The minimum atomic E-state index is -0.140. The van der Waals surface area contributed by atoms with E-state index in [-0.39, 0.29) is 23.8 Å². The summed E-state index contributed by atoms with van der Waals surface area (Å²) >= 11 is 0. The third-order valence-electron chi connectivity index (χ3n) is 5.91. The van der Waals surface area contributed by atoms with Crippen LogP contribution in [0.2, 0.25) is 0 Å². The smallest absolute Gasteiger partial charge is 0.228 e. The van der Waals surface area contributed by atoms with Crippen LogP contribution < -0.4 is 0 Å². The van der Waals surface area contributed by atoms with Gasteiger partial charge < -0.3 is 14.7 Å². The van der Waals surface area contributed by atoms with E-state index >= 15 is 0 Å². The number of likely N-dealkylation sites (tertiary alicyclic amines) is 1. The second-order valence-corrected chi connectivity index (χ2v) is 7.44. The highest BCUT2D eigenvalue weighted by atomic mass is 16.2. The number of hydrogen-bond donors (Lipinski definition) is 0. The van der Waals surface area contributed by atoms with Crippen LogP contribution in [0.15, 0.2) is 24.3 Å². The van der Waals surface area contributed by atoms with Crippen LogP contribution in [0.4, 0.5) is 0 Å². The molecule has 1 aromatic rings. The number of piperidine rings is 1. The fourth-order valence-electron chi connectivity index (χ4n) is 4.28. The molecule has 2 amide bonds. The van der Waals surface area contributed by atoms with E-state index in [0.717, 1.165) is 38.3 Å². The molecule has 0 unspecified atom stereocenters. The summed E-state index contributed by atoms with van der Waals surface area (Å²) < 4.78 is 0. The Morgan fingerprint density at radius 1 is 1.04 bits per heavy atom. The Balaban J connectivity index is 1.84. The molecule has 142 valence electrons. The van der Waals surface area contributed by atoms with Gasteiger partial charge in [-0.05, 0) is 32.4 Å². The quantitative estimate of drug-likeness (QED) is 0.831. The van der Waals surface area contributed by atoms with Gasteiger partial charge in [0, 0.05) is 39.1 Å². The molecule has 5 nitrogen and oxygen atoms in total. The number of carbonyl (C=O) groups is 2. The standard InChI is InChI=1S/C21H31N3O2/c1-4-22-12-14-23(15-13-22)21(26)18-10-11-19(25)24(5-2)20(18)17-8-6-16(3)7-9-17/h6-9,18,20H,4-5,10-15H2,1-3H3/t18-,20+/m1/s1. The van der Waals surface area contributed by atoms with Crippen LogP contribution in [-0.4, -0.2) is 65.8 Å². The largest absolute Gasteiger partial charge is 0.340 e. The first-order valence-electron chi connectivity index (χ1n) is 9.92. The van der Waals surface area contributed by atoms with Crippen molar-refractivity contribution >= 4 is 11.8 Å². The Bertz CT molecular complexity index is 635. The maximum absolute atomic E-state index is 13.3. The zero-order valence-corrected chi connectivity index (χ0v) is 16.3. The lowest BCUT2D eigenvalue weighted by Crippen LogP contribution is -2.53. The molecular formula is C21H31N3O2. The van der Waals surface area contributed by atoms with Crippen molar-refractivity contribution in [1.29, 1.82) is 0 Å². The number of amides is 2. The van der Waals surface area contributed by atoms with Gasteiger partial charge in [-0.2, -0.15) is 0 Å². The van der Waals surface area contributed by atoms with Gasteiger partial charge in [-0.1, -0.05) is 36.8 Å². The Labute approximate surface area is 156 Å². The molecule has 2 aliphatic heterocycles. The number of carbonyl (C=O) groups excluding carboxylic acids is 2. The van der Waals surface area contributed by atoms with E-state index in [1.54, 1.807) is 0 Å². The second kappa shape index (κ2) is 8.21. The molecular weight excluding hydrogens is 326 g/mol. The lowest BCUT2D eigenvalue weighted by molar-refractivity contribution is -0.148. The normalized spacial score (nSPS) is 24.8. The average Bonchev–Trinajstić information content (AvgIpc) is 2.68. The minimum absolute atomic E-state index is 0.136. The number of nitrogens with zero attached hydrogens (tertiary/aromatic N) is 3. The molecule has 2 fully saturated rings. The second-order valence-electron chi connectivity index (χ2n) is 7.44. The van der Waals surface area contributed by atoms with E-state index in [9.17, 15) is 9.59 Å². The zero-order chi connectivity index (χ0) is 18.7. The Morgan fingerprint density at radius 2 is 1.69 bits per heavy atom. The molecule has 0 aromatic heterocycles. The predicted octanol–water partition coefficient (Wildman–Crippen LogP) is 2.46. The highest BCUT2D eigenvalue weighted by Crippen LogP contribution is 2.38. The van der Waals surface area contributed by atoms with Crippen molar-refractivity contribution in [2.45, 2.75) is 39.7 Å². The molecule has 2 atom stereocenters. The van der Waals surface area contributed by atoms with Gasteiger partial charge in [-0.3, -0.25) is 9.59 Å². The summed E-state index contributed by atoms with van der Waals surface area (Å²) in [6.45, 7) is 11.4. The van der Waals surface area contributed by atoms with Crippen molar-refractivity contribution in [2.75, 3.05) is 39.3 Å². The summed E-state index contributed by atoms with van der Waals surface area (Å²) in [6, 6.07) is 8.17. The summed E-state index contributed by atoms with van der Waals surface area (Å²) in [7, 11) is 0. The van der Waals surface area contributed by atoms with Gasteiger partial charge in [0.05, 0.1) is 12.0 Å². The van der Waals surface area contributed by atoms with E-state index in [0.29, 0.717) is 19.4 Å². The van der Waals surface area contributed by atoms with Gasteiger partial charge in [0.25, 0.3) is 0 Å². The lowest BCUT2D eigenvalue weighted by Gasteiger charge is -2.43. The van der Waals surface area contributed by atoms with Gasteiger partial charge >= 0.3 is 0 Å². The molecule has 26 heavy (non-hydrogen) atoms. The topological polar surface area (TPSA) is 43.9 Å². The first kappa shape index (κ1) is 18.9. The fraction of sp³-hybridized carbons (Fsp3) is 0.619. The SMILES string of the molecule is CCN1CCN(C(=O)[C@@H]2CCC(=O)N(CC)[C@H]2c2ccc(C)cc2)CC1. The third kappa shape index (κ3) is 3.78. The summed E-state index contributed by atoms with van der Waals surface area (Å²) in [6.07, 6.45) is 1.13. The molecule has 3 rings (SSSR count). The third-order valence-corrected chi connectivity index (χ3v) is 5.91. The highest BCUT2D eigenvalue weighted by molar-refractivity contribution is 5.85. The van der Waals surface area contributed by atoms with E-state index in [1.807, 2.05) is 16.7 Å². The average molecular weight is 357 g/mol. The molecule has 1 aromatic carbocycles. The van der Waals surface area contributed by atoms with Crippen LogP contribution >= 0.6 is 0 Å². The number of likely N-dealkylation sites (N-methyl/N-ethyl adjacent to an activating group) is 1. The van der Waals surface area contributed by atoms with E-state index in [4.69, 9.17) is 0 Å². The van der Waals surface area contributed by atoms with Crippen LogP contribution in [0.25, 0.3) is 0 Å². The number of hydrogen-bond acceptors (Lipinski definition) is 3. The first-order valence-corrected chi connectivity index (χ1v) is 9.92.